The molecule has 4 heteroatoms. The topological polar surface area (TPSA) is 50.1 Å². The Hall–Kier alpha value is -1.65. The summed E-state index contributed by atoms with van der Waals surface area (Å²) in [6.07, 6.45) is 0.993. The molecule has 0 saturated heterocycles. The third kappa shape index (κ3) is 4.41. The fraction of sp³-hybridized carbons (Fsp3) is 0.471. The Bertz CT molecular complexity index is 561. The van der Waals surface area contributed by atoms with Gasteiger partial charge in [-0.25, -0.2) is 0 Å². The molecule has 1 aromatic carbocycles. The van der Waals surface area contributed by atoms with Crippen LogP contribution in [0.15, 0.2) is 36.4 Å². The van der Waals surface area contributed by atoms with Crippen molar-refractivity contribution in [3.05, 3.63) is 53.3 Å². The lowest BCUT2D eigenvalue weighted by Gasteiger charge is -2.24. The smallest absolute Gasteiger partial charge is 0.0992 e. The second-order valence-electron chi connectivity index (χ2n) is 5.82. The van der Waals surface area contributed by atoms with Crippen LogP contribution >= 0.6 is 0 Å². The van der Waals surface area contributed by atoms with Crippen molar-refractivity contribution in [2.24, 2.45) is 0 Å². The Morgan fingerprint density at radius 3 is 2.57 bits per heavy atom. The molecule has 1 aromatic heterocycles. The Balaban J connectivity index is 1.73. The van der Waals surface area contributed by atoms with Gasteiger partial charge in [0.2, 0.25) is 0 Å². The number of aryl methyl sites for hydroxylation is 3. The van der Waals surface area contributed by atoms with Gasteiger partial charge in [-0.1, -0.05) is 30.3 Å². The van der Waals surface area contributed by atoms with E-state index in [1.54, 1.807) is 0 Å². The number of hydrogen-bond acceptors (Lipinski definition) is 3. The SMILES string of the molecule is Cc1cc(C)n(CCCNCC(C)(O)c2ccccc2)n1. The number of rotatable bonds is 7. The van der Waals surface area contributed by atoms with Crippen molar-refractivity contribution in [3.63, 3.8) is 0 Å². The molecule has 0 fully saturated rings. The minimum Gasteiger partial charge on any atom is -0.384 e. The third-order valence-electron chi connectivity index (χ3n) is 3.69. The predicted molar refractivity (Wildman–Crippen MR) is 85.2 cm³/mol. The summed E-state index contributed by atoms with van der Waals surface area (Å²) in [5.41, 5.74) is 2.37. The van der Waals surface area contributed by atoms with Crippen LogP contribution in [-0.4, -0.2) is 28.0 Å². The van der Waals surface area contributed by atoms with Crippen LogP contribution in [0, 0.1) is 13.8 Å². The van der Waals surface area contributed by atoms with E-state index in [9.17, 15) is 5.11 Å². The lowest BCUT2D eigenvalue weighted by molar-refractivity contribution is 0.0570. The average molecular weight is 287 g/mol. The number of nitrogens with one attached hydrogen (secondary N) is 1. The molecule has 0 radical (unpaired) electrons. The van der Waals surface area contributed by atoms with Crippen molar-refractivity contribution in [1.82, 2.24) is 15.1 Å². The predicted octanol–water partition coefficient (Wildman–Crippen LogP) is 2.39. The number of benzene rings is 1. The maximum atomic E-state index is 10.5. The fourth-order valence-electron chi connectivity index (χ4n) is 2.49. The van der Waals surface area contributed by atoms with Crippen molar-refractivity contribution in [2.45, 2.75) is 39.3 Å². The highest BCUT2D eigenvalue weighted by Gasteiger charge is 2.21. The molecule has 0 aliphatic rings. The van der Waals surface area contributed by atoms with Gasteiger partial charge >= 0.3 is 0 Å². The monoisotopic (exact) mass is 287 g/mol. The van der Waals surface area contributed by atoms with E-state index in [0.717, 1.165) is 30.8 Å². The highest BCUT2D eigenvalue weighted by Crippen LogP contribution is 2.18. The molecule has 4 nitrogen and oxygen atoms in total. The number of aromatic nitrogens is 2. The van der Waals surface area contributed by atoms with Gasteiger partial charge in [0.1, 0.15) is 0 Å². The Kier molecular flexibility index (Phi) is 5.15. The Morgan fingerprint density at radius 1 is 1.24 bits per heavy atom. The van der Waals surface area contributed by atoms with Crippen LogP contribution in [0.4, 0.5) is 0 Å². The highest BCUT2D eigenvalue weighted by atomic mass is 16.3. The summed E-state index contributed by atoms with van der Waals surface area (Å²) in [4.78, 5) is 0. The van der Waals surface area contributed by atoms with Gasteiger partial charge in [0.15, 0.2) is 0 Å². The molecule has 2 N–H and O–H groups in total. The molecule has 114 valence electrons. The zero-order valence-corrected chi connectivity index (χ0v) is 13.1. The van der Waals surface area contributed by atoms with E-state index in [-0.39, 0.29) is 0 Å². The first-order valence-electron chi connectivity index (χ1n) is 7.49. The van der Waals surface area contributed by atoms with Gasteiger partial charge in [0, 0.05) is 18.8 Å². The fourth-order valence-corrected chi connectivity index (χ4v) is 2.49. The van der Waals surface area contributed by atoms with Crippen molar-refractivity contribution < 1.29 is 5.11 Å². The first-order chi connectivity index (χ1) is 9.99. The van der Waals surface area contributed by atoms with Gasteiger partial charge < -0.3 is 10.4 Å². The molecule has 0 saturated carbocycles. The van der Waals surface area contributed by atoms with Gasteiger partial charge in [-0.3, -0.25) is 4.68 Å². The van der Waals surface area contributed by atoms with Crippen LogP contribution in [-0.2, 0) is 12.1 Å². The summed E-state index contributed by atoms with van der Waals surface area (Å²) >= 11 is 0. The van der Waals surface area contributed by atoms with E-state index in [1.165, 1.54) is 5.69 Å². The molecule has 0 amide bonds. The molecule has 0 aliphatic heterocycles. The lowest BCUT2D eigenvalue weighted by atomic mass is 9.96. The Morgan fingerprint density at radius 2 is 1.95 bits per heavy atom. The molecule has 1 atom stereocenters. The van der Waals surface area contributed by atoms with Gasteiger partial charge in [0.25, 0.3) is 0 Å². The van der Waals surface area contributed by atoms with E-state index in [0.29, 0.717) is 6.54 Å². The van der Waals surface area contributed by atoms with Crippen molar-refractivity contribution in [3.8, 4) is 0 Å². The first-order valence-corrected chi connectivity index (χ1v) is 7.49. The van der Waals surface area contributed by atoms with Crippen LogP contribution in [0.2, 0.25) is 0 Å². The maximum absolute atomic E-state index is 10.5. The maximum Gasteiger partial charge on any atom is 0.0992 e. The van der Waals surface area contributed by atoms with Crippen LogP contribution in [0.3, 0.4) is 0 Å². The van der Waals surface area contributed by atoms with Gasteiger partial charge in [-0.2, -0.15) is 5.10 Å². The number of nitrogens with zero attached hydrogens (tertiary/aromatic N) is 2. The third-order valence-corrected chi connectivity index (χ3v) is 3.69. The van der Waals surface area contributed by atoms with Crippen molar-refractivity contribution in [2.75, 3.05) is 13.1 Å². The summed E-state index contributed by atoms with van der Waals surface area (Å²) < 4.78 is 2.03. The van der Waals surface area contributed by atoms with Gasteiger partial charge in [0.05, 0.1) is 11.3 Å². The minimum absolute atomic E-state index is 0.550. The second-order valence-corrected chi connectivity index (χ2v) is 5.82. The lowest BCUT2D eigenvalue weighted by Crippen LogP contribution is -2.36. The number of aliphatic hydroxyl groups is 1. The zero-order valence-electron chi connectivity index (χ0n) is 13.1. The molecular formula is C17H25N3O. The van der Waals surface area contributed by atoms with E-state index in [4.69, 9.17) is 0 Å². The molecule has 1 unspecified atom stereocenters. The minimum atomic E-state index is -0.834. The summed E-state index contributed by atoms with van der Waals surface area (Å²) in [6.45, 7) is 8.25. The summed E-state index contributed by atoms with van der Waals surface area (Å²) in [7, 11) is 0. The molecule has 0 spiro atoms. The quantitative estimate of drug-likeness (QED) is 0.769. The average Bonchev–Trinajstić information content (AvgIpc) is 2.77. The largest absolute Gasteiger partial charge is 0.384 e. The molecular weight excluding hydrogens is 262 g/mol. The van der Waals surface area contributed by atoms with E-state index < -0.39 is 5.60 Å². The second kappa shape index (κ2) is 6.87. The number of hydrogen-bond donors (Lipinski definition) is 2. The first kappa shape index (κ1) is 15.7. The standard InChI is InChI=1S/C17H25N3O/c1-14-12-15(2)20(19-14)11-7-10-18-13-17(3,21)16-8-5-4-6-9-16/h4-6,8-9,12,18,21H,7,10-11,13H2,1-3H3. The van der Waals surface area contributed by atoms with Crippen molar-refractivity contribution >= 4 is 0 Å². The summed E-state index contributed by atoms with van der Waals surface area (Å²) in [5.74, 6) is 0. The van der Waals surface area contributed by atoms with Crippen LogP contribution < -0.4 is 5.32 Å². The van der Waals surface area contributed by atoms with E-state index in [1.807, 2.05) is 48.9 Å². The zero-order chi connectivity index (χ0) is 15.3. The summed E-state index contributed by atoms with van der Waals surface area (Å²) in [5, 5.41) is 18.2. The molecule has 0 aliphatic carbocycles. The van der Waals surface area contributed by atoms with Gasteiger partial charge in [-0.05, 0) is 45.4 Å². The van der Waals surface area contributed by atoms with Crippen LogP contribution in [0.5, 0.6) is 0 Å². The van der Waals surface area contributed by atoms with E-state index in [2.05, 4.69) is 23.4 Å². The Labute approximate surface area is 126 Å². The molecule has 2 rings (SSSR count). The molecule has 21 heavy (non-hydrogen) atoms. The molecule has 2 aromatic rings. The molecule has 1 heterocycles. The van der Waals surface area contributed by atoms with Crippen LogP contribution in [0.25, 0.3) is 0 Å². The molecule has 0 bridgehead atoms. The normalized spacial score (nSPS) is 14.1. The van der Waals surface area contributed by atoms with Crippen LogP contribution in [0.1, 0.15) is 30.3 Å². The summed E-state index contributed by atoms with van der Waals surface area (Å²) in [6, 6.07) is 11.9. The van der Waals surface area contributed by atoms with E-state index >= 15 is 0 Å². The van der Waals surface area contributed by atoms with Gasteiger partial charge in [-0.15, -0.1) is 0 Å². The van der Waals surface area contributed by atoms with Crippen molar-refractivity contribution in [1.29, 1.82) is 0 Å². The highest BCUT2D eigenvalue weighted by molar-refractivity contribution is 5.21.